The molecule has 0 bridgehead atoms. The van der Waals surface area contributed by atoms with Gasteiger partial charge in [-0.15, -0.1) is 0 Å². The Labute approximate surface area is 101 Å². The summed E-state index contributed by atoms with van der Waals surface area (Å²) in [4.78, 5) is 0. The number of hydrogen-bond acceptors (Lipinski definition) is 1. The van der Waals surface area contributed by atoms with Gasteiger partial charge < -0.3 is 5.11 Å². The van der Waals surface area contributed by atoms with Crippen molar-refractivity contribution in [3.63, 3.8) is 0 Å². The molecule has 0 aliphatic heterocycles. The van der Waals surface area contributed by atoms with Gasteiger partial charge in [-0.25, -0.2) is 0 Å². The molecule has 0 saturated heterocycles. The van der Waals surface area contributed by atoms with Crippen LogP contribution < -0.4 is 0 Å². The second-order valence-electron chi connectivity index (χ2n) is 6.26. The lowest BCUT2D eigenvalue weighted by Gasteiger charge is -2.35. The topological polar surface area (TPSA) is 20.2 Å². The molecule has 1 N–H and O–H groups in total. The second kappa shape index (κ2) is 5.53. The van der Waals surface area contributed by atoms with Gasteiger partial charge in [-0.3, -0.25) is 0 Å². The zero-order chi connectivity index (χ0) is 11.5. The van der Waals surface area contributed by atoms with Crippen LogP contribution in [0.4, 0.5) is 0 Å². The molecule has 1 nitrogen and oxygen atoms in total. The summed E-state index contributed by atoms with van der Waals surface area (Å²) < 4.78 is 0. The number of aliphatic hydroxyl groups excluding tert-OH is 1. The highest BCUT2D eigenvalue weighted by atomic mass is 16.3. The molecule has 2 aliphatic carbocycles. The number of aliphatic hydroxyl groups is 1. The summed E-state index contributed by atoms with van der Waals surface area (Å²) in [7, 11) is 0. The van der Waals surface area contributed by atoms with E-state index in [1.54, 1.807) is 0 Å². The summed E-state index contributed by atoms with van der Waals surface area (Å²) >= 11 is 0. The Morgan fingerprint density at radius 3 is 2.50 bits per heavy atom. The van der Waals surface area contributed by atoms with Crippen LogP contribution in [0.1, 0.15) is 65.2 Å². The molecule has 2 rings (SSSR count). The molecule has 0 aromatic heterocycles. The highest BCUT2D eigenvalue weighted by Crippen LogP contribution is 2.41. The molecule has 0 heterocycles. The third-order valence-electron chi connectivity index (χ3n) is 5.25. The molecular weight excluding hydrogens is 196 g/mol. The van der Waals surface area contributed by atoms with Gasteiger partial charge in [-0.05, 0) is 42.9 Å². The van der Waals surface area contributed by atoms with E-state index in [9.17, 15) is 5.11 Å². The monoisotopic (exact) mass is 224 g/mol. The lowest BCUT2D eigenvalue weighted by Crippen LogP contribution is -2.34. The van der Waals surface area contributed by atoms with Crippen LogP contribution in [0.5, 0.6) is 0 Å². The summed E-state index contributed by atoms with van der Waals surface area (Å²) in [5.74, 6) is 2.88. The summed E-state index contributed by atoms with van der Waals surface area (Å²) in [6.07, 6.45) is 10.6. The van der Waals surface area contributed by atoms with Gasteiger partial charge in [0.05, 0.1) is 6.10 Å². The van der Waals surface area contributed by atoms with Crippen molar-refractivity contribution in [2.45, 2.75) is 71.3 Å². The first-order valence-corrected chi connectivity index (χ1v) is 7.40. The Morgan fingerprint density at radius 1 is 1.12 bits per heavy atom. The minimum atomic E-state index is 0.00634. The highest BCUT2D eigenvalue weighted by Gasteiger charge is 2.36. The SMILES string of the molecule is CCC1CCCC(C(O)C2CCCC2C)C1. The van der Waals surface area contributed by atoms with Gasteiger partial charge in [0, 0.05) is 0 Å². The molecule has 5 unspecified atom stereocenters. The van der Waals surface area contributed by atoms with E-state index in [-0.39, 0.29) is 6.10 Å². The van der Waals surface area contributed by atoms with Crippen LogP contribution in [0, 0.1) is 23.7 Å². The molecular formula is C15H28O. The van der Waals surface area contributed by atoms with Crippen molar-refractivity contribution in [2.24, 2.45) is 23.7 Å². The molecule has 0 amide bonds. The van der Waals surface area contributed by atoms with E-state index < -0.39 is 0 Å². The van der Waals surface area contributed by atoms with E-state index in [0.29, 0.717) is 11.8 Å². The highest BCUT2D eigenvalue weighted by molar-refractivity contribution is 4.86. The summed E-state index contributed by atoms with van der Waals surface area (Å²) in [6.45, 7) is 4.64. The van der Waals surface area contributed by atoms with Gasteiger partial charge in [0.1, 0.15) is 0 Å². The quantitative estimate of drug-likeness (QED) is 0.768. The van der Waals surface area contributed by atoms with Crippen LogP contribution >= 0.6 is 0 Å². The van der Waals surface area contributed by atoms with Crippen molar-refractivity contribution in [3.05, 3.63) is 0 Å². The largest absolute Gasteiger partial charge is 0.393 e. The third kappa shape index (κ3) is 2.61. The van der Waals surface area contributed by atoms with Crippen LogP contribution in [-0.2, 0) is 0 Å². The van der Waals surface area contributed by atoms with Crippen LogP contribution in [0.25, 0.3) is 0 Å². The molecule has 0 aromatic rings. The van der Waals surface area contributed by atoms with Crippen molar-refractivity contribution >= 4 is 0 Å². The van der Waals surface area contributed by atoms with E-state index in [1.807, 2.05) is 0 Å². The molecule has 2 aliphatic rings. The zero-order valence-corrected chi connectivity index (χ0v) is 11.0. The normalized spacial score (nSPS) is 42.2. The maximum Gasteiger partial charge on any atom is 0.0599 e. The van der Waals surface area contributed by atoms with Crippen molar-refractivity contribution in [3.8, 4) is 0 Å². The first-order valence-electron chi connectivity index (χ1n) is 7.40. The van der Waals surface area contributed by atoms with Gasteiger partial charge in [0.2, 0.25) is 0 Å². The Kier molecular flexibility index (Phi) is 4.29. The summed E-state index contributed by atoms with van der Waals surface area (Å²) in [5, 5.41) is 10.6. The molecule has 94 valence electrons. The molecule has 2 saturated carbocycles. The second-order valence-corrected chi connectivity index (χ2v) is 6.26. The maximum atomic E-state index is 10.6. The van der Waals surface area contributed by atoms with E-state index in [4.69, 9.17) is 0 Å². The molecule has 1 heteroatoms. The van der Waals surface area contributed by atoms with Crippen LogP contribution in [0.3, 0.4) is 0 Å². The Hall–Kier alpha value is -0.0400. The van der Waals surface area contributed by atoms with E-state index in [0.717, 1.165) is 11.8 Å². The van der Waals surface area contributed by atoms with Gasteiger partial charge >= 0.3 is 0 Å². The van der Waals surface area contributed by atoms with Gasteiger partial charge in [0.15, 0.2) is 0 Å². The predicted molar refractivity (Wildman–Crippen MR) is 68.3 cm³/mol. The number of rotatable bonds is 3. The molecule has 0 spiro atoms. The first-order chi connectivity index (χ1) is 7.72. The van der Waals surface area contributed by atoms with Crippen LogP contribution in [-0.4, -0.2) is 11.2 Å². The lowest BCUT2D eigenvalue weighted by molar-refractivity contribution is 0.0106. The fraction of sp³-hybridized carbons (Fsp3) is 1.00. The fourth-order valence-electron chi connectivity index (χ4n) is 4.04. The Morgan fingerprint density at radius 2 is 1.88 bits per heavy atom. The first kappa shape index (κ1) is 12.4. The lowest BCUT2D eigenvalue weighted by atomic mass is 9.73. The average Bonchev–Trinajstić information content (AvgIpc) is 2.74. The van der Waals surface area contributed by atoms with Crippen LogP contribution in [0.15, 0.2) is 0 Å². The molecule has 5 atom stereocenters. The van der Waals surface area contributed by atoms with E-state index in [1.165, 1.54) is 51.4 Å². The molecule has 2 fully saturated rings. The summed E-state index contributed by atoms with van der Waals surface area (Å²) in [5.41, 5.74) is 0. The van der Waals surface area contributed by atoms with Crippen molar-refractivity contribution in [2.75, 3.05) is 0 Å². The fourth-order valence-corrected chi connectivity index (χ4v) is 4.04. The van der Waals surface area contributed by atoms with Crippen molar-refractivity contribution in [1.82, 2.24) is 0 Å². The molecule has 16 heavy (non-hydrogen) atoms. The standard InChI is InChI=1S/C15H28O/c1-3-12-7-5-8-13(10-12)15(16)14-9-4-6-11(14)2/h11-16H,3-10H2,1-2H3. The zero-order valence-electron chi connectivity index (χ0n) is 11.0. The third-order valence-corrected chi connectivity index (χ3v) is 5.25. The maximum absolute atomic E-state index is 10.6. The minimum Gasteiger partial charge on any atom is -0.393 e. The Balaban J connectivity index is 1.90. The van der Waals surface area contributed by atoms with Gasteiger partial charge in [-0.2, -0.15) is 0 Å². The molecule has 0 radical (unpaired) electrons. The summed E-state index contributed by atoms with van der Waals surface area (Å²) in [6, 6.07) is 0. The Bertz CT molecular complexity index is 213. The van der Waals surface area contributed by atoms with Crippen molar-refractivity contribution < 1.29 is 5.11 Å². The predicted octanol–water partition coefficient (Wildman–Crippen LogP) is 4.00. The number of hydrogen-bond donors (Lipinski definition) is 1. The average molecular weight is 224 g/mol. The van der Waals surface area contributed by atoms with Gasteiger partial charge in [-0.1, -0.05) is 46.0 Å². The van der Waals surface area contributed by atoms with E-state index >= 15 is 0 Å². The minimum absolute atomic E-state index is 0.00634. The van der Waals surface area contributed by atoms with Crippen molar-refractivity contribution in [1.29, 1.82) is 0 Å². The smallest absolute Gasteiger partial charge is 0.0599 e. The van der Waals surface area contributed by atoms with Gasteiger partial charge in [0.25, 0.3) is 0 Å². The van der Waals surface area contributed by atoms with E-state index in [2.05, 4.69) is 13.8 Å². The van der Waals surface area contributed by atoms with Crippen LogP contribution in [0.2, 0.25) is 0 Å². The molecule has 0 aromatic carbocycles.